The van der Waals surface area contributed by atoms with E-state index in [0.29, 0.717) is 34.1 Å². The Balaban J connectivity index is 1.52. The highest BCUT2D eigenvalue weighted by molar-refractivity contribution is 6.05. The lowest BCUT2D eigenvalue weighted by Crippen LogP contribution is -2.17. The molecule has 1 N–H and O–H groups in total. The SMILES string of the molecule is COc1ccc(C(=O)Nc2ccccc2OCc2cc(=O)n3cccc(C)c3n2)cc1. The van der Waals surface area contributed by atoms with Gasteiger partial charge in [-0.25, -0.2) is 4.98 Å². The Bertz CT molecular complexity index is 1300. The van der Waals surface area contributed by atoms with Crippen molar-refractivity contribution in [3.8, 4) is 11.5 Å². The lowest BCUT2D eigenvalue weighted by atomic mass is 10.2. The number of benzene rings is 2. The normalized spacial score (nSPS) is 10.6. The molecule has 7 nitrogen and oxygen atoms in total. The van der Waals surface area contributed by atoms with Crippen molar-refractivity contribution in [1.29, 1.82) is 0 Å². The standard InChI is InChI=1S/C24H21N3O4/c1-16-6-5-13-27-22(28)14-18(25-23(16)27)15-31-21-8-4-3-7-20(21)26-24(29)17-9-11-19(30-2)12-10-17/h3-14H,15H2,1-2H3,(H,26,29). The van der Waals surface area contributed by atoms with Crippen molar-refractivity contribution in [3.63, 3.8) is 0 Å². The van der Waals surface area contributed by atoms with Crippen LogP contribution < -0.4 is 20.3 Å². The fourth-order valence-corrected chi connectivity index (χ4v) is 3.17. The van der Waals surface area contributed by atoms with E-state index in [9.17, 15) is 9.59 Å². The van der Waals surface area contributed by atoms with Gasteiger partial charge >= 0.3 is 0 Å². The van der Waals surface area contributed by atoms with E-state index in [1.807, 2.05) is 25.1 Å². The summed E-state index contributed by atoms with van der Waals surface area (Å²) in [5.74, 6) is 0.891. The molecule has 0 saturated carbocycles. The topological polar surface area (TPSA) is 81.9 Å². The predicted octanol–water partition coefficient (Wildman–Crippen LogP) is 3.84. The molecule has 1 amide bonds. The monoisotopic (exact) mass is 415 g/mol. The number of nitrogens with zero attached hydrogens (tertiary/aromatic N) is 2. The fraction of sp³-hybridized carbons (Fsp3) is 0.125. The first kappa shape index (κ1) is 20.2. The molecule has 0 unspecified atom stereocenters. The zero-order valence-corrected chi connectivity index (χ0v) is 17.2. The van der Waals surface area contributed by atoms with Gasteiger partial charge in [0.15, 0.2) is 0 Å². The van der Waals surface area contributed by atoms with Crippen LogP contribution in [0.25, 0.3) is 5.65 Å². The summed E-state index contributed by atoms with van der Waals surface area (Å²) < 4.78 is 12.5. The molecule has 0 radical (unpaired) electrons. The van der Waals surface area contributed by atoms with Crippen molar-refractivity contribution in [2.75, 3.05) is 12.4 Å². The molecule has 0 saturated heterocycles. The Labute approximate surface area is 178 Å². The maximum Gasteiger partial charge on any atom is 0.258 e. The van der Waals surface area contributed by atoms with Gasteiger partial charge in [-0.1, -0.05) is 18.2 Å². The number of pyridine rings is 1. The molecule has 31 heavy (non-hydrogen) atoms. The van der Waals surface area contributed by atoms with Crippen LogP contribution in [0.3, 0.4) is 0 Å². The molecule has 0 aliphatic rings. The van der Waals surface area contributed by atoms with Gasteiger partial charge in [-0.2, -0.15) is 0 Å². The third-order valence-electron chi connectivity index (χ3n) is 4.80. The molecule has 4 aromatic rings. The summed E-state index contributed by atoms with van der Waals surface area (Å²) in [5, 5.41) is 2.86. The Morgan fingerprint density at radius 3 is 2.61 bits per heavy atom. The van der Waals surface area contributed by atoms with E-state index in [4.69, 9.17) is 9.47 Å². The number of rotatable bonds is 6. The van der Waals surface area contributed by atoms with Crippen LogP contribution >= 0.6 is 0 Å². The van der Waals surface area contributed by atoms with Crippen molar-refractivity contribution in [1.82, 2.24) is 9.38 Å². The second kappa shape index (κ2) is 8.71. The largest absolute Gasteiger partial charge is 0.497 e. The van der Waals surface area contributed by atoms with Gasteiger partial charge in [-0.3, -0.25) is 14.0 Å². The summed E-state index contributed by atoms with van der Waals surface area (Å²) >= 11 is 0. The number of hydrogen-bond acceptors (Lipinski definition) is 5. The van der Waals surface area contributed by atoms with Crippen LogP contribution in [0.4, 0.5) is 5.69 Å². The average molecular weight is 415 g/mol. The van der Waals surface area contributed by atoms with E-state index in [0.717, 1.165) is 5.56 Å². The Hall–Kier alpha value is -4.13. The summed E-state index contributed by atoms with van der Waals surface area (Å²) in [4.78, 5) is 29.5. The number of hydrogen-bond donors (Lipinski definition) is 1. The molecule has 0 atom stereocenters. The minimum absolute atomic E-state index is 0.0928. The molecule has 0 aliphatic heterocycles. The summed E-state index contributed by atoms with van der Waals surface area (Å²) in [6.45, 7) is 1.99. The zero-order chi connectivity index (χ0) is 21.8. The van der Waals surface area contributed by atoms with Crippen LogP contribution in [0.2, 0.25) is 0 Å². The summed E-state index contributed by atoms with van der Waals surface area (Å²) in [7, 11) is 1.57. The minimum Gasteiger partial charge on any atom is -0.497 e. The maximum absolute atomic E-state index is 12.6. The molecule has 0 fully saturated rings. The molecule has 7 heteroatoms. The van der Waals surface area contributed by atoms with Gasteiger partial charge in [0, 0.05) is 17.8 Å². The fourth-order valence-electron chi connectivity index (χ4n) is 3.17. The summed E-state index contributed by atoms with van der Waals surface area (Å²) in [6.07, 6.45) is 1.69. The number of amides is 1. The molecule has 2 aromatic carbocycles. The Kier molecular flexibility index (Phi) is 5.66. The highest BCUT2D eigenvalue weighted by Crippen LogP contribution is 2.25. The van der Waals surface area contributed by atoms with E-state index in [1.54, 1.807) is 55.8 Å². The van der Waals surface area contributed by atoms with E-state index >= 15 is 0 Å². The molecule has 0 spiro atoms. The number of aromatic nitrogens is 2. The van der Waals surface area contributed by atoms with E-state index < -0.39 is 0 Å². The van der Waals surface area contributed by atoms with Gasteiger partial charge < -0.3 is 14.8 Å². The van der Waals surface area contributed by atoms with E-state index in [1.165, 1.54) is 10.5 Å². The average Bonchev–Trinajstić information content (AvgIpc) is 2.79. The van der Waals surface area contributed by atoms with Crippen molar-refractivity contribution >= 4 is 17.2 Å². The quantitative estimate of drug-likeness (QED) is 0.517. The van der Waals surface area contributed by atoms with E-state index in [2.05, 4.69) is 10.3 Å². The Morgan fingerprint density at radius 1 is 1.06 bits per heavy atom. The number of nitrogens with one attached hydrogen (secondary N) is 1. The molecule has 0 aliphatic carbocycles. The van der Waals surface area contributed by atoms with E-state index in [-0.39, 0.29) is 18.1 Å². The van der Waals surface area contributed by atoms with Gasteiger partial charge in [0.25, 0.3) is 11.5 Å². The van der Waals surface area contributed by atoms with Crippen LogP contribution in [-0.4, -0.2) is 22.4 Å². The van der Waals surface area contributed by atoms with Crippen molar-refractivity contribution in [3.05, 3.63) is 100 Å². The predicted molar refractivity (Wildman–Crippen MR) is 118 cm³/mol. The highest BCUT2D eigenvalue weighted by atomic mass is 16.5. The highest BCUT2D eigenvalue weighted by Gasteiger charge is 2.11. The number of carbonyl (C=O) groups is 1. The van der Waals surface area contributed by atoms with Crippen LogP contribution in [0.1, 0.15) is 21.6 Å². The van der Waals surface area contributed by atoms with Crippen LogP contribution in [0, 0.1) is 6.92 Å². The number of methoxy groups -OCH3 is 1. The molecule has 0 bridgehead atoms. The molecule has 2 heterocycles. The number of fused-ring (bicyclic) bond motifs is 1. The van der Waals surface area contributed by atoms with Gasteiger partial charge in [0.1, 0.15) is 23.8 Å². The molecule has 2 aromatic heterocycles. The second-order valence-corrected chi connectivity index (χ2v) is 6.94. The first-order valence-electron chi connectivity index (χ1n) is 9.70. The summed E-state index contributed by atoms with van der Waals surface area (Å²) in [5.41, 5.74) is 2.85. The molecule has 4 rings (SSSR count). The first-order valence-corrected chi connectivity index (χ1v) is 9.70. The van der Waals surface area contributed by atoms with Crippen molar-refractivity contribution in [2.45, 2.75) is 13.5 Å². The zero-order valence-electron chi connectivity index (χ0n) is 17.2. The van der Waals surface area contributed by atoms with Gasteiger partial charge in [-0.15, -0.1) is 0 Å². The van der Waals surface area contributed by atoms with Crippen LogP contribution in [-0.2, 0) is 6.61 Å². The number of carbonyl (C=O) groups excluding carboxylic acids is 1. The first-order chi connectivity index (χ1) is 15.0. The number of aryl methyl sites for hydroxylation is 1. The minimum atomic E-state index is -0.267. The van der Waals surface area contributed by atoms with Crippen molar-refractivity contribution < 1.29 is 14.3 Å². The molecule has 156 valence electrons. The number of anilines is 1. The van der Waals surface area contributed by atoms with Gasteiger partial charge in [0.05, 0.1) is 18.5 Å². The molecular weight excluding hydrogens is 394 g/mol. The van der Waals surface area contributed by atoms with Crippen LogP contribution in [0.5, 0.6) is 11.5 Å². The third-order valence-corrected chi connectivity index (χ3v) is 4.80. The second-order valence-electron chi connectivity index (χ2n) is 6.94. The lowest BCUT2D eigenvalue weighted by Gasteiger charge is -2.13. The van der Waals surface area contributed by atoms with Crippen LogP contribution in [0.15, 0.2) is 77.7 Å². The van der Waals surface area contributed by atoms with Gasteiger partial charge in [0.2, 0.25) is 0 Å². The van der Waals surface area contributed by atoms with Crippen molar-refractivity contribution in [2.24, 2.45) is 0 Å². The smallest absolute Gasteiger partial charge is 0.258 e. The number of ether oxygens (including phenoxy) is 2. The molecular formula is C24H21N3O4. The third kappa shape index (κ3) is 4.40. The van der Waals surface area contributed by atoms with Gasteiger partial charge in [-0.05, 0) is 55.0 Å². The number of para-hydroxylation sites is 2. The maximum atomic E-state index is 12.6. The summed E-state index contributed by atoms with van der Waals surface area (Å²) in [6, 6.07) is 19.1. The Morgan fingerprint density at radius 2 is 1.84 bits per heavy atom. The lowest BCUT2D eigenvalue weighted by molar-refractivity contribution is 0.102.